The molecule has 0 aliphatic heterocycles. The van der Waals surface area contributed by atoms with Crippen LogP contribution in [-0.4, -0.2) is 21.7 Å². The Morgan fingerprint density at radius 2 is 1.84 bits per heavy atom. The van der Waals surface area contributed by atoms with E-state index in [1.165, 1.54) is 11.1 Å². The Bertz CT molecular complexity index is 579. The van der Waals surface area contributed by atoms with E-state index in [1.807, 2.05) is 13.0 Å². The predicted octanol–water partition coefficient (Wildman–Crippen LogP) is 2.99. The van der Waals surface area contributed by atoms with E-state index in [1.54, 1.807) is 0 Å². The van der Waals surface area contributed by atoms with Crippen molar-refractivity contribution in [2.45, 2.75) is 33.6 Å². The monoisotopic (exact) mass is 256 g/mol. The van der Waals surface area contributed by atoms with Crippen molar-refractivity contribution in [1.29, 1.82) is 0 Å². The molecule has 1 aromatic carbocycles. The molecule has 0 spiro atoms. The molecule has 1 aromatic heterocycles. The Balaban J connectivity index is 2.41. The van der Waals surface area contributed by atoms with Crippen LogP contribution in [0.4, 0.5) is 0 Å². The van der Waals surface area contributed by atoms with E-state index in [-0.39, 0.29) is 6.61 Å². The van der Waals surface area contributed by atoms with Gasteiger partial charge in [0, 0.05) is 24.3 Å². The SMILES string of the molecule is Cc1ccc(-c2cc(C)nc(CCCO)n2)c(C)c1. The number of nitrogens with zero attached hydrogens (tertiary/aromatic N) is 2. The first-order chi connectivity index (χ1) is 9.10. The summed E-state index contributed by atoms with van der Waals surface area (Å²) in [4.78, 5) is 9.03. The smallest absolute Gasteiger partial charge is 0.129 e. The molecule has 1 N–H and O–H groups in total. The largest absolute Gasteiger partial charge is 0.396 e. The minimum Gasteiger partial charge on any atom is -0.396 e. The molecule has 2 aromatic rings. The molecule has 0 atom stereocenters. The predicted molar refractivity (Wildman–Crippen MR) is 77.1 cm³/mol. The van der Waals surface area contributed by atoms with Crippen molar-refractivity contribution >= 4 is 0 Å². The van der Waals surface area contributed by atoms with Gasteiger partial charge in [0.15, 0.2) is 0 Å². The summed E-state index contributed by atoms with van der Waals surface area (Å²) in [5.74, 6) is 0.809. The molecule has 0 fully saturated rings. The lowest BCUT2D eigenvalue weighted by atomic mass is 10.0. The molecule has 100 valence electrons. The lowest BCUT2D eigenvalue weighted by molar-refractivity contribution is 0.287. The molecule has 19 heavy (non-hydrogen) atoms. The highest BCUT2D eigenvalue weighted by atomic mass is 16.2. The standard InChI is InChI=1S/C16H20N2O/c1-11-6-7-14(12(2)9-11)15-10-13(3)17-16(18-15)5-4-8-19/h6-7,9-10,19H,4-5,8H2,1-3H3. The van der Waals surface area contributed by atoms with Gasteiger partial charge in [0.25, 0.3) is 0 Å². The van der Waals surface area contributed by atoms with Gasteiger partial charge in [-0.1, -0.05) is 23.8 Å². The number of hydrogen-bond acceptors (Lipinski definition) is 3. The van der Waals surface area contributed by atoms with Crippen LogP contribution in [0.25, 0.3) is 11.3 Å². The number of rotatable bonds is 4. The Morgan fingerprint density at radius 1 is 1.05 bits per heavy atom. The normalized spacial score (nSPS) is 10.7. The van der Waals surface area contributed by atoms with Crippen LogP contribution in [0.2, 0.25) is 0 Å². The maximum Gasteiger partial charge on any atom is 0.129 e. The number of hydrogen-bond donors (Lipinski definition) is 1. The number of aliphatic hydroxyl groups is 1. The van der Waals surface area contributed by atoms with E-state index in [9.17, 15) is 0 Å². The second-order valence-corrected chi connectivity index (χ2v) is 4.96. The van der Waals surface area contributed by atoms with Crippen LogP contribution in [0.3, 0.4) is 0 Å². The van der Waals surface area contributed by atoms with Crippen molar-refractivity contribution in [3.63, 3.8) is 0 Å². The first-order valence-electron chi connectivity index (χ1n) is 6.63. The summed E-state index contributed by atoms with van der Waals surface area (Å²) >= 11 is 0. The van der Waals surface area contributed by atoms with Crippen molar-refractivity contribution in [1.82, 2.24) is 9.97 Å². The number of benzene rings is 1. The van der Waals surface area contributed by atoms with Crippen molar-refractivity contribution < 1.29 is 5.11 Å². The fourth-order valence-corrected chi connectivity index (χ4v) is 2.22. The van der Waals surface area contributed by atoms with Gasteiger partial charge in [-0.3, -0.25) is 0 Å². The van der Waals surface area contributed by atoms with Crippen molar-refractivity contribution in [3.8, 4) is 11.3 Å². The average molecular weight is 256 g/mol. The van der Waals surface area contributed by atoms with E-state index >= 15 is 0 Å². The summed E-state index contributed by atoms with van der Waals surface area (Å²) < 4.78 is 0. The molecule has 0 unspecified atom stereocenters. The van der Waals surface area contributed by atoms with Crippen LogP contribution in [-0.2, 0) is 6.42 Å². The minimum absolute atomic E-state index is 0.177. The molecule has 3 heteroatoms. The van der Waals surface area contributed by atoms with Crippen LogP contribution in [0.15, 0.2) is 24.3 Å². The first kappa shape index (κ1) is 13.7. The fourth-order valence-electron chi connectivity index (χ4n) is 2.22. The lowest BCUT2D eigenvalue weighted by Gasteiger charge is -2.09. The number of aromatic nitrogens is 2. The van der Waals surface area contributed by atoms with E-state index in [2.05, 4.69) is 42.0 Å². The summed E-state index contributed by atoms with van der Waals surface area (Å²) in [6, 6.07) is 8.40. The molecule has 1 heterocycles. The Labute approximate surface area is 114 Å². The summed E-state index contributed by atoms with van der Waals surface area (Å²) in [6.07, 6.45) is 1.42. The van der Waals surface area contributed by atoms with E-state index in [0.717, 1.165) is 29.2 Å². The number of aryl methyl sites for hydroxylation is 4. The molecule has 0 radical (unpaired) electrons. The van der Waals surface area contributed by atoms with E-state index in [0.29, 0.717) is 6.42 Å². The average Bonchev–Trinajstić information content (AvgIpc) is 2.35. The highest BCUT2D eigenvalue weighted by Crippen LogP contribution is 2.23. The molecule has 0 aliphatic rings. The van der Waals surface area contributed by atoms with Crippen molar-refractivity contribution in [2.24, 2.45) is 0 Å². The van der Waals surface area contributed by atoms with Gasteiger partial charge in [0.1, 0.15) is 5.82 Å². The zero-order valence-corrected chi connectivity index (χ0v) is 11.8. The van der Waals surface area contributed by atoms with E-state index in [4.69, 9.17) is 5.11 Å². The Kier molecular flexibility index (Phi) is 4.27. The summed E-state index contributed by atoms with van der Waals surface area (Å²) in [7, 11) is 0. The maximum absolute atomic E-state index is 8.90. The van der Waals surface area contributed by atoms with Crippen LogP contribution in [0.5, 0.6) is 0 Å². The molecular weight excluding hydrogens is 236 g/mol. The highest BCUT2D eigenvalue weighted by Gasteiger charge is 2.07. The Hall–Kier alpha value is -1.74. The molecule has 0 saturated heterocycles. The van der Waals surface area contributed by atoms with Gasteiger partial charge < -0.3 is 5.11 Å². The lowest BCUT2D eigenvalue weighted by Crippen LogP contribution is -2.01. The number of aliphatic hydroxyl groups excluding tert-OH is 1. The molecule has 2 rings (SSSR count). The molecule has 0 amide bonds. The topological polar surface area (TPSA) is 46.0 Å². The third-order valence-corrected chi connectivity index (χ3v) is 3.12. The fraction of sp³-hybridized carbons (Fsp3) is 0.375. The zero-order chi connectivity index (χ0) is 13.8. The molecule has 0 aliphatic carbocycles. The highest BCUT2D eigenvalue weighted by molar-refractivity contribution is 5.64. The van der Waals surface area contributed by atoms with Gasteiger partial charge >= 0.3 is 0 Å². The van der Waals surface area contributed by atoms with Crippen LogP contribution >= 0.6 is 0 Å². The van der Waals surface area contributed by atoms with Crippen LogP contribution < -0.4 is 0 Å². The van der Waals surface area contributed by atoms with Gasteiger partial charge in [-0.15, -0.1) is 0 Å². The zero-order valence-electron chi connectivity index (χ0n) is 11.8. The summed E-state index contributed by atoms with van der Waals surface area (Å²) in [5, 5.41) is 8.90. The second-order valence-electron chi connectivity index (χ2n) is 4.96. The quantitative estimate of drug-likeness (QED) is 0.914. The van der Waals surface area contributed by atoms with Gasteiger partial charge in [-0.05, 0) is 38.8 Å². The summed E-state index contributed by atoms with van der Waals surface area (Å²) in [5.41, 5.74) is 5.58. The van der Waals surface area contributed by atoms with Crippen molar-refractivity contribution in [2.75, 3.05) is 6.61 Å². The molecular formula is C16H20N2O. The third-order valence-electron chi connectivity index (χ3n) is 3.12. The van der Waals surface area contributed by atoms with Crippen LogP contribution in [0.1, 0.15) is 29.1 Å². The molecule has 0 saturated carbocycles. The van der Waals surface area contributed by atoms with Crippen molar-refractivity contribution in [3.05, 3.63) is 46.9 Å². The second kappa shape index (κ2) is 5.93. The first-order valence-corrected chi connectivity index (χ1v) is 6.63. The summed E-state index contributed by atoms with van der Waals surface area (Å²) in [6.45, 7) is 6.36. The van der Waals surface area contributed by atoms with Gasteiger partial charge in [0.2, 0.25) is 0 Å². The molecule has 0 bridgehead atoms. The minimum atomic E-state index is 0.177. The Morgan fingerprint density at radius 3 is 2.53 bits per heavy atom. The maximum atomic E-state index is 8.90. The molecule has 3 nitrogen and oxygen atoms in total. The van der Waals surface area contributed by atoms with Gasteiger partial charge in [0.05, 0.1) is 5.69 Å². The van der Waals surface area contributed by atoms with E-state index < -0.39 is 0 Å². The third kappa shape index (κ3) is 3.38. The van der Waals surface area contributed by atoms with Gasteiger partial charge in [-0.25, -0.2) is 9.97 Å². The van der Waals surface area contributed by atoms with Crippen LogP contribution in [0, 0.1) is 20.8 Å². The van der Waals surface area contributed by atoms with Gasteiger partial charge in [-0.2, -0.15) is 0 Å².